The van der Waals surface area contributed by atoms with Crippen LogP contribution >= 0.6 is 0 Å². The quantitative estimate of drug-likeness (QED) is 0.740. The normalized spacial score (nSPS) is 11.2. The van der Waals surface area contributed by atoms with Crippen molar-refractivity contribution >= 4 is 29.0 Å². The molecule has 1 heterocycles. The molecule has 4 nitrogen and oxygen atoms in total. The average molecular weight is 305 g/mol. The molecule has 23 heavy (non-hydrogen) atoms. The van der Waals surface area contributed by atoms with Crippen LogP contribution in [0.4, 0.5) is 5.95 Å². The third-order valence-electron chi connectivity index (χ3n) is 3.81. The maximum Gasteiger partial charge on any atom is 0.250 e. The Bertz CT molecular complexity index is 877. The van der Waals surface area contributed by atoms with Crippen LogP contribution in [0.2, 0.25) is 0 Å². The highest BCUT2D eigenvalue weighted by atomic mass is 16.1. The van der Waals surface area contributed by atoms with Gasteiger partial charge < -0.3 is 4.57 Å². The summed E-state index contributed by atoms with van der Waals surface area (Å²) in [5.41, 5.74) is 4.07. The minimum absolute atomic E-state index is 0.182. The van der Waals surface area contributed by atoms with Gasteiger partial charge in [-0.3, -0.25) is 10.1 Å². The molecule has 116 valence electrons. The summed E-state index contributed by atoms with van der Waals surface area (Å²) in [7, 11) is 0. The van der Waals surface area contributed by atoms with Crippen molar-refractivity contribution in [2.75, 3.05) is 5.32 Å². The summed E-state index contributed by atoms with van der Waals surface area (Å²) in [5.74, 6) is 0.395. The molecule has 0 aliphatic rings. The Morgan fingerprint density at radius 2 is 1.91 bits per heavy atom. The summed E-state index contributed by atoms with van der Waals surface area (Å²) in [6.45, 7) is 4.80. The number of anilines is 1. The topological polar surface area (TPSA) is 46.9 Å². The number of nitrogens with zero attached hydrogens (tertiary/aromatic N) is 2. The first-order valence-corrected chi connectivity index (χ1v) is 7.69. The minimum atomic E-state index is -0.182. The van der Waals surface area contributed by atoms with E-state index in [-0.39, 0.29) is 5.91 Å². The van der Waals surface area contributed by atoms with Crippen molar-refractivity contribution in [2.45, 2.75) is 20.4 Å². The molecule has 0 aliphatic carbocycles. The minimum Gasteiger partial charge on any atom is -0.310 e. The molecule has 0 fully saturated rings. The second-order valence-electron chi connectivity index (χ2n) is 5.35. The molecule has 2 aromatic carbocycles. The van der Waals surface area contributed by atoms with Gasteiger partial charge in [-0.25, -0.2) is 4.98 Å². The average Bonchev–Trinajstić information content (AvgIpc) is 2.91. The molecule has 0 atom stereocenters. The van der Waals surface area contributed by atoms with Gasteiger partial charge in [0.25, 0.3) is 5.91 Å². The molecule has 0 radical (unpaired) electrons. The van der Waals surface area contributed by atoms with E-state index in [1.807, 2.05) is 73.0 Å². The zero-order valence-electron chi connectivity index (χ0n) is 13.3. The summed E-state index contributed by atoms with van der Waals surface area (Å²) in [4.78, 5) is 16.7. The number of hydrogen-bond acceptors (Lipinski definition) is 2. The molecule has 3 rings (SSSR count). The zero-order valence-corrected chi connectivity index (χ0v) is 13.3. The number of carbonyl (C=O) groups is 1. The number of hydrogen-bond donors (Lipinski definition) is 1. The molecule has 0 unspecified atom stereocenters. The molecule has 0 spiro atoms. The molecule has 1 amide bonds. The van der Waals surface area contributed by atoms with E-state index >= 15 is 0 Å². The summed E-state index contributed by atoms with van der Waals surface area (Å²) < 4.78 is 1.99. The summed E-state index contributed by atoms with van der Waals surface area (Å²) >= 11 is 0. The number of aryl methyl sites for hydroxylation is 2. The van der Waals surface area contributed by atoms with Gasteiger partial charge in [0.15, 0.2) is 0 Å². The monoisotopic (exact) mass is 305 g/mol. The second kappa shape index (κ2) is 6.48. The first-order valence-electron chi connectivity index (χ1n) is 7.69. The van der Waals surface area contributed by atoms with E-state index in [0.717, 1.165) is 28.7 Å². The van der Waals surface area contributed by atoms with Crippen LogP contribution in [-0.4, -0.2) is 15.5 Å². The van der Waals surface area contributed by atoms with Crippen molar-refractivity contribution in [2.24, 2.45) is 0 Å². The maximum absolute atomic E-state index is 12.2. The highest BCUT2D eigenvalue weighted by Gasteiger charge is 2.10. The number of para-hydroxylation sites is 2. The van der Waals surface area contributed by atoms with Crippen LogP contribution in [0.1, 0.15) is 18.1 Å². The van der Waals surface area contributed by atoms with Crippen molar-refractivity contribution in [1.82, 2.24) is 9.55 Å². The van der Waals surface area contributed by atoms with Gasteiger partial charge in [-0.05, 0) is 43.2 Å². The fourth-order valence-electron chi connectivity index (χ4n) is 2.58. The number of rotatable bonds is 4. The van der Waals surface area contributed by atoms with Gasteiger partial charge in [0.2, 0.25) is 5.95 Å². The van der Waals surface area contributed by atoms with Crippen molar-refractivity contribution in [1.29, 1.82) is 0 Å². The van der Waals surface area contributed by atoms with Crippen molar-refractivity contribution in [3.05, 3.63) is 65.7 Å². The molecule has 1 aromatic heterocycles. The van der Waals surface area contributed by atoms with Crippen LogP contribution in [-0.2, 0) is 11.3 Å². The van der Waals surface area contributed by atoms with E-state index < -0.39 is 0 Å². The Morgan fingerprint density at radius 3 is 2.70 bits per heavy atom. The van der Waals surface area contributed by atoms with E-state index in [2.05, 4.69) is 10.3 Å². The van der Waals surface area contributed by atoms with Crippen molar-refractivity contribution < 1.29 is 4.79 Å². The lowest BCUT2D eigenvalue weighted by molar-refractivity contribution is -0.111. The molecular formula is C19H19N3O. The Balaban J connectivity index is 1.82. The standard InChI is InChI=1S/C19H19N3O/c1-3-22-17-11-7-6-10-16(17)20-19(22)21-18(23)13-12-15-9-5-4-8-14(15)2/h4-13H,3H2,1-2H3,(H,20,21,23). The second-order valence-corrected chi connectivity index (χ2v) is 5.35. The van der Waals surface area contributed by atoms with Crippen LogP contribution in [0, 0.1) is 6.92 Å². The Hall–Kier alpha value is -2.88. The van der Waals surface area contributed by atoms with Gasteiger partial charge in [-0.2, -0.15) is 0 Å². The number of carbonyl (C=O) groups excluding carboxylic acids is 1. The van der Waals surface area contributed by atoms with E-state index in [4.69, 9.17) is 0 Å². The first-order chi connectivity index (χ1) is 11.2. The summed E-state index contributed by atoms with van der Waals surface area (Å²) in [5, 5.41) is 2.87. The molecule has 0 aliphatic heterocycles. The van der Waals surface area contributed by atoms with E-state index in [9.17, 15) is 4.79 Å². The van der Waals surface area contributed by atoms with Crippen LogP contribution in [0.5, 0.6) is 0 Å². The lowest BCUT2D eigenvalue weighted by atomic mass is 10.1. The van der Waals surface area contributed by atoms with Gasteiger partial charge in [-0.15, -0.1) is 0 Å². The van der Waals surface area contributed by atoms with Gasteiger partial charge in [0.05, 0.1) is 11.0 Å². The number of imidazole rings is 1. The highest BCUT2D eigenvalue weighted by Crippen LogP contribution is 2.19. The molecular weight excluding hydrogens is 286 g/mol. The van der Waals surface area contributed by atoms with Crippen LogP contribution in [0.25, 0.3) is 17.1 Å². The predicted molar refractivity (Wildman–Crippen MR) is 94.2 cm³/mol. The van der Waals surface area contributed by atoms with E-state index in [1.54, 1.807) is 6.08 Å². The number of aromatic nitrogens is 2. The third kappa shape index (κ3) is 3.16. The van der Waals surface area contributed by atoms with Crippen molar-refractivity contribution in [3.8, 4) is 0 Å². The van der Waals surface area contributed by atoms with Gasteiger partial charge in [0.1, 0.15) is 0 Å². The highest BCUT2D eigenvalue weighted by molar-refractivity contribution is 6.01. The van der Waals surface area contributed by atoms with Crippen molar-refractivity contribution in [3.63, 3.8) is 0 Å². The fraction of sp³-hybridized carbons (Fsp3) is 0.158. The van der Waals surface area contributed by atoms with Crippen LogP contribution < -0.4 is 5.32 Å². The largest absolute Gasteiger partial charge is 0.310 e. The number of nitrogens with one attached hydrogen (secondary N) is 1. The number of amides is 1. The summed E-state index contributed by atoms with van der Waals surface area (Å²) in [6.07, 6.45) is 3.37. The van der Waals surface area contributed by atoms with Gasteiger partial charge >= 0.3 is 0 Å². The lowest BCUT2D eigenvalue weighted by Crippen LogP contribution is -2.12. The lowest BCUT2D eigenvalue weighted by Gasteiger charge is -2.05. The predicted octanol–water partition coefficient (Wildman–Crippen LogP) is 4.02. The Kier molecular flexibility index (Phi) is 4.24. The zero-order chi connectivity index (χ0) is 16.2. The first kappa shape index (κ1) is 15.0. The smallest absolute Gasteiger partial charge is 0.250 e. The maximum atomic E-state index is 12.2. The molecule has 0 bridgehead atoms. The molecule has 0 saturated carbocycles. The fourth-order valence-corrected chi connectivity index (χ4v) is 2.58. The van der Waals surface area contributed by atoms with E-state index in [0.29, 0.717) is 5.95 Å². The van der Waals surface area contributed by atoms with Gasteiger partial charge in [0, 0.05) is 12.6 Å². The molecule has 1 N–H and O–H groups in total. The van der Waals surface area contributed by atoms with Gasteiger partial charge in [-0.1, -0.05) is 36.4 Å². The van der Waals surface area contributed by atoms with Crippen LogP contribution in [0.15, 0.2) is 54.6 Å². The van der Waals surface area contributed by atoms with Crippen LogP contribution in [0.3, 0.4) is 0 Å². The Labute approximate surface area is 135 Å². The Morgan fingerprint density at radius 1 is 1.17 bits per heavy atom. The SMILES string of the molecule is CCn1c(NC(=O)C=Cc2ccccc2C)nc2ccccc21. The van der Waals surface area contributed by atoms with E-state index in [1.165, 1.54) is 0 Å². The molecule has 4 heteroatoms. The molecule has 0 saturated heterocycles. The third-order valence-corrected chi connectivity index (χ3v) is 3.81. The number of benzene rings is 2. The summed E-state index contributed by atoms with van der Waals surface area (Å²) in [6, 6.07) is 15.8. The number of fused-ring (bicyclic) bond motifs is 1. The molecule has 3 aromatic rings.